The maximum atomic E-state index is 13.1. The van der Waals surface area contributed by atoms with Crippen molar-refractivity contribution in [3.05, 3.63) is 23.8 Å². The first-order valence-electron chi connectivity index (χ1n) is 29.2. The van der Waals surface area contributed by atoms with E-state index in [1.54, 1.807) is 0 Å². The van der Waals surface area contributed by atoms with Crippen molar-refractivity contribution in [2.75, 3.05) is 19.8 Å². The molecule has 0 aromatic carbocycles. The molecule has 5 saturated heterocycles. The van der Waals surface area contributed by atoms with Crippen LogP contribution >= 0.6 is 0 Å². The van der Waals surface area contributed by atoms with Crippen molar-refractivity contribution in [3.8, 4) is 0 Å². The van der Waals surface area contributed by atoms with Crippen LogP contribution in [0.25, 0.3) is 0 Å². The van der Waals surface area contributed by atoms with Crippen LogP contribution in [0.3, 0.4) is 0 Å². The summed E-state index contributed by atoms with van der Waals surface area (Å²) in [5, 5.41) is 143. The van der Waals surface area contributed by atoms with Crippen LogP contribution in [-0.4, -0.2) is 240 Å². The molecule has 24 nitrogen and oxygen atoms in total. The minimum Gasteiger partial charge on any atom is -0.481 e. The minimum absolute atomic E-state index is 0.0706. The van der Waals surface area contributed by atoms with Crippen LogP contribution in [0.2, 0.25) is 0 Å². The van der Waals surface area contributed by atoms with Crippen molar-refractivity contribution in [1.82, 2.24) is 0 Å². The van der Waals surface area contributed by atoms with Gasteiger partial charge in [0.15, 0.2) is 31.5 Å². The first kappa shape index (κ1) is 62.1. The first-order chi connectivity index (χ1) is 38.0. The summed E-state index contributed by atoms with van der Waals surface area (Å²) in [6, 6.07) is 0. The average Bonchev–Trinajstić information content (AvgIpc) is 1.23. The number of hydrogen-bond donors (Lipinski definition) is 13. The van der Waals surface area contributed by atoms with Crippen LogP contribution in [0.15, 0.2) is 23.8 Å². The average molecular weight is 1160 g/mol. The predicted molar refractivity (Wildman–Crippen MR) is 276 cm³/mol. The Labute approximate surface area is 471 Å². The molecule has 0 amide bonds. The molecule has 0 spiro atoms. The second-order valence-corrected chi connectivity index (χ2v) is 26.7. The molecule has 5 aliphatic carbocycles. The zero-order valence-electron chi connectivity index (χ0n) is 47.4. The van der Waals surface area contributed by atoms with Gasteiger partial charge in [-0.3, -0.25) is 4.79 Å². The highest BCUT2D eigenvalue weighted by Crippen LogP contribution is 2.75. The van der Waals surface area contributed by atoms with Crippen molar-refractivity contribution in [3.63, 3.8) is 0 Å². The zero-order valence-corrected chi connectivity index (χ0v) is 47.4. The van der Waals surface area contributed by atoms with Gasteiger partial charge in [-0.05, 0) is 112 Å². The maximum Gasteiger partial charge on any atom is 0.310 e. The van der Waals surface area contributed by atoms with E-state index in [1.807, 2.05) is 0 Å². The van der Waals surface area contributed by atoms with Crippen LogP contribution in [0.1, 0.15) is 113 Å². The second kappa shape index (κ2) is 23.0. The van der Waals surface area contributed by atoms with Gasteiger partial charge in [-0.15, -0.1) is 0 Å². The van der Waals surface area contributed by atoms with E-state index in [9.17, 15) is 71.2 Å². The Balaban J connectivity index is 0.841. The fourth-order valence-corrected chi connectivity index (χ4v) is 17.0. The van der Waals surface area contributed by atoms with E-state index in [2.05, 4.69) is 47.3 Å². The third-order valence-electron chi connectivity index (χ3n) is 22.2. The molecule has 31 atom stereocenters. The molecule has 462 valence electrons. The van der Waals surface area contributed by atoms with E-state index >= 15 is 0 Å². The largest absolute Gasteiger partial charge is 0.481 e. The summed E-state index contributed by atoms with van der Waals surface area (Å²) >= 11 is 0. The summed E-state index contributed by atoms with van der Waals surface area (Å²) in [5.41, 5.74) is 0.777. The molecule has 24 heteroatoms. The molecule has 9 fully saturated rings. The van der Waals surface area contributed by atoms with E-state index in [0.717, 1.165) is 44.1 Å². The summed E-state index contributed by atoms with van der Waals surface area (Å²) in [6.07, 6.45) is -27.9. The zero-order chi connectivity index (χ0) is 58.8. The number of carboxylic acids is 1. The quantitative estimate of drug-likeness (QED) is 0.0842. The highest BCUT2D eigenvalue weighted by molar-refractivity contribution is 5.77. The summed E-state index contributed by atoms with van der Waals surface area (Å²) < 4.78 is 60.1. The van der Waals surface area contributed by atoms with Crippen molar-refractivity contribution in [2.24, 2.45) is 44.8 Å². The topological polar surface area (TPSA) is 372 Å². The maximum absolute atomic E-state index is 13.1. The second-order valence-electron chi connectivity index (χ2n) is 26.7. The number of aliphatic hydroxyl groups excluding tert-OH is 12. The lowest BCUT2D eigenvalue weighted by Gasteiger charge is -2.71. The van der Waals surface area contributed by atoms with Gasteiger partial charge in [0, 0.05) is 5.92 Å². The lowest BCUT2D eigenvalue weighted by atomic mass is 9.34. The molecule has 31 unspecified atom stereocenters. The van der Waals surface area contributed by atoms with Gasteiger partial charge in [-0.25, -0.2) is 0 Å². The van der Waals surface area contributed by atoms with Crippen LogP contribution in [-0.2, 0) is 52.2 Å². The summed E-state index contributed by atoms with van der Waals surface area (Å²) in [7, 11) is 0. The van der Waals surface area contributed by atoms with Crippen molar-refractivity contribution in [1.29, 1.82) is 0 Å². The van der Waals surface area contributed by atoms with Gasteiger partial charge in [-0.1, -0.05) is 58.4 Å². The van der Waals surface area contributed by atoms with Crippen LogP contribution in [0.5, 0.6) is 0 Å². The minimum atomic E-state index is -1.98. The molecule has 10 aliphatic rings. The number of aliphatic hydroxyl groups is 12. The fourth-order valence-electron chi connectivity index (χ4n) is 17.0. The molecule has 13 N–H and O–H groups in total. The smallest absolute Gasteiger partial charge is 0.310 e. The number of carbonyl (C=O) groups is 1. The van der Waals surface area contributed by atoms with E-state index in [4.69, 9.17) is 47.4 Å². The van der Waals surface area contributed by atoms with Gasteiger partial charge >= 0.3 is 5.97 Å². The molecule has 4 saturated carbocycles. The number of fused-ring (bicyclic) bond motifs is 7. The summed E-state index contributed by atoms with van der Waals surface area (Å²) in [6.45, 7) is 17.0. The SMILES string of the molecule is C=C1CCC2(C(=O)O)CCC3(C)C(=CCC4C5(C)CCC(OC6OCC(O)C(OC7OC(CO)C(OC8OCC(OC9OC(C)C(O)C(O)C9O)C(O)C8O)C(O)C7OC7OC(C)C(O)C(O)C7O)C6O)C(C)(C)C5CCC43C)C2C1. The molecule has 0 radical (unpaired) electrons. The van der Waals surface area contributed by atoms with E-state index in [-0.39, 0.29) is 34.7 Å². The highest BCUT2D eigenvalue weighted by atomic mass is 16.8. The molecule has 0 aromatic rings. The number of carboxylic acid groups (broad SMARTS) is 1. The van der Waals surface area contributed by atoms with Gasteiger partial charge in [0.2, 0.25) is 0 Å². The normalized spacial score (nSPS) is 54.7. The Morgan fingerprint density at radius 2 is 1.20 bits per heavy atom. The van der Waals surface area contributed by atoms with Crippen molar-refractivity contribution in [2.45, 2.75) is 260 Å². The molecule has 0 bridgehead atoms. The Bertz CT molecular complexity index is 2290. The van der Waals surface area contributed by atoms with Crippen molar-refractivity contribution >= 4 is 5.97 Å². The van der Waals surface area contributed by atoms with Crippen LogP contribution in [0, 0.1) is 44.8 Å². The van der Waals surface area contributed by atoms with E-state index < -0.39 is 177 Å². The van der Waals surface area contributed by atoms with Gasteiger partial charge < -0.3 is 114 Å². The third-order valence-corrected chi connectivity index (χ3v) is 22.2. The predicted octanol–water partition coefficient (Wildman–Crippen LogP) is -0.782. The van der Waals surface area contributed by atoms with E-state index in [1.165, 1.54) is 19.4 Å². The Morgan fingerprint density at radius 3 is 1.84 bits per heavy atom. The van der Waals surface area contributed by atoms with Crippen LogP contribution in [0.4, 0.5) is 0 Å². The lowest BCUT2D eigenvalue weighted by molar-refractivity contribution is -0.399. The summed E-state index contributed by atoms with van der Waals surface area (Å²) in [4.78, 5) is 13.1. The highest BCUT2D eigenvalue weighted by Gasteiger charge is 2.69. The molecule has 10 rings (SSSR count). The number of rotatable bonds is 12. The Kier molecular flexibility index (Phi) is 17.6. The monoisotopic (exact) mass is 1160 g/mol. The van der Waals surface area contributed by atoms with Crippen LogP contribution < -0.4 is 0 Å². The van der Waals surface area contributed by atoms with Gasteiger partial charge in [0.1, 0.15) is 97.7 Å². The number of aliphatic carboxylic acids is 1. The first-order valence-corrected chi connectivity index (χ1v) is 29.2. The van der Waals surface area contributed by atoms with E-state index in [0.29, 0.717) is 31.6 Å². The molecule has 81 heavy (non-hydrogen) atoms. The lowest BCUT2D eigenvalue weighted by Crippen LogP contribution is -2.67. The number of hydrogen-bond acceptors (Lipinski definition) is 23. The number of ether oxygens (including phenoxy) is 10. The fraction of sp³-hybridized carbons (Fsp3) is 0.912. The molecule has 5 heterocycles. The standard InChI is InChI=1S/C57H90O24/c1-23-11-16-57(52(70)71)18-17-55(7)26(27(57)19-23)9-10-32-54(6)14-13-33(53(4,5)31(54)12-15-56(32,55)8)78-48-43(69)44(28(59)21-72-48)79-51-46(81-50-41(67)38(64)35(61)25(3)75-50)42(68)45(29(20-58)76-51)80-47-39(65)36(62)30(22-73-47)77-49-40(66)37(63)34(60)24(2)74-49/h9,24-25,27-51,58-69H,1,10-22H2,2-8H3,(H,70,71). The summed E-state index contributed by atoms with van der Waals surface area (Å²) in [5.74, 6) is -0.294. The molecule has 5 aliphatic heterocycles. The molecular formula is C57H90O24. The van der Waals surface area contributed by atoms with Gasteiger partial charge in [-0.2, -0.15) is 0 Å². The molecular weight excluding hydrogens is 1070 g/mol. The van der Waals surface area contributed by atoms with Gasteiger partial charge in [0.25, 0.3) is 0 Å². The van der Waals surface area contributed by atoms with Crippen molar-refractivity contribution < 1.29 is 119 Å². The third kappa shape index (κ3) is 10.3. The molecule has 0 aromatic heterocycles. The Morgan fingerprint density at radius 1 is 0.605 bits per heavy atom. The Hall–Kier alpha value is -1.93. The van der Waals surface area contributed by atoms with Gasteiger partial charge in [0.05, 0.1) is 43.5 Å². The number of allylic oxidation sites excluding steroid dienone is 3.